The van der Waals surface area contributed by atoms with Gasteiger partial charge in [0.05, 0.1) is 0 Å². The van der Waals surface area contributed by atoms with Crippen molar-refractivity contribution in [2.45, 2.75) is 68.5 Å². The monoisotopic (exact) mass is 1150 g/mol. The molecule has 0 atom stereocenters. The van der Waals surface area contributed by atoms with Crippen LogP contribution in [0.25, 0.3) is 89.5 Å². The van der Waals surface area contributed by atoms with Crippen LogP contribution in [-0.2, 0) is 34.6 Å². The Morgan fingerprint density at radius 2 is 0.701 bits per heavy atom. The van der Waals surface area contributed by atoms with E-state index in [4.69, 9.17) is 13.7 Å². The average Bonchev–Trinajstić information content (AvgIpc) is 0.777. The molecule has 0 saturated carbocycles. The molecule has 0 aliphatic heterocycles. The molecule has 0 amide bonds. The Bertz CT molecular complexity index is 4690. The van der Waals surface area contributed by atoms with Crippen LogP contribution in [-0.4, -0.2) is 0 Å². The molecule has 4 nitrogen and oxygen atoms in total. The maximum absolute atomic E-state index is 8.20. The maximum Gasteiger partial charge on any atom is 0.213 e. The predicted octanol–water partition coefficient (Wildman–Crippen LogP) is 18.7. The first-order chi connectivity index (χ1) is 46.0. The average molecular weight is 1150 g/mol. The number of aromatic nitrogens is 4. The molecule has 4 aromatic heterocycles. The van der Waals surface area contributed by atoms with Gasteiger partial charge >= 0.3 is 0 Å². The lowest BCUT2D eigenvalue weighted by Gasteiger charge is -2.08. The van der Waals surface area contributed by atoms with E-state index in [9.17, 15) is 0 Å². The van der Waals surface area contributed by atoms with Crippen molar-refractivity contribution in [1.82, 2.24) is 0 Å². The molecule has 12 rings (SSSR count). The molecular weight excluding hydrogens is 1050 g/mol. The minimum Gasteiger partial charge on any atom is -0.201 e. The Morgan fingerprint density at radius 1 is 0.310 bits per heavy atom. The number of hydrogen-bond donors (Lipinski definition) is 0. The molecule has 12 aromatic rings. The first-order valence-electron chi connectivity index (χ1n) is 34.6. The fourth-order valence-electron chi connectivity index (χ4n) is 10.9. The lowest BCUT2D eigenvalue weighted by atomic mass is 9.98. The molecule has 0 bridgehead atoms. The van der Waals surface area contributed by atoms with Crippen LogP contribution >= 0.6 is 0 Å². The van der Waals surface area contributed by atoms with Crippen molar-refractivity contribution < 1.29 is 32.0 Å². The fraction of sp³-hybridized carbons (Fsp3) is 0.181. The summed E-state index contributed by atoms with van der Waals surface area (Å²) < 4.78 is 85.5. The second-order valence-electron chi connectivity index (χ2n) is 22.5. The van der Waals surface area contributed by atoms with Crippen molar-refractivity contribution in [2.24, 2.45) is 34.1 Å². The van der Waals surface area contributed by atoms with Crippen LogP contribution in [0.1, 0.15) is 71.9 Å². The summed E-state index contributed by atoms with van der Waals surface area (Å²) in [6, 6.07) is 82.1. The SMILES string of the molecule is Cc1ccc(-c2cc[n+](C)c(-c3ccccc3C)c2)cc1.Cc1cccc(-c2cc[n+](C)c(-c3ccccc3C)c2)c1.[2H]C([2H])([2H])C([2H])(Cc1ccc(-c2ccc(-c3ccccc3C)[n+](C)c2)cc1)C([2H])([2H])[2H].[2H]C([2H])([2H])c1ccccc1-c1cc[n+](C)c(-c2ccccc2C)c1. The molecule has 0 N–H and O–H groups in total. The van der Waals surface area contributed by atoms with Gasteiger partial charge in [0.1, 0.15) is 28.2 Å². The van der Waals surface area contributed by atoms with Gasteiger partial charge in [-0.3, -0.25) is 0 Å². The predicted molar refractivity (Wildman–Crippen MR) is 366 cm³/mol. The van der Waals surface area contributed by atoms with Gasteiger partial charge in [0.25, 0.3) is 0 Å². The van der Waals surface area contributed by atoms with E-state index in [0.717, 1.165) is 44.8 Å². The van der Waals surface area contributed by atoms with E-state index in [2.05, 4.69) is 244 Å². The highest BCUT2D eigenvalue weighted by Gasteiger charge is 2.18. The second kappa shape index (κ2) is 29.0. The molecule has 434 valence electrons. The molecular formula is C83H86N4+4. The lowest BCUT2D eigenvalue weighted by Crippen LogP contribution is -2.30. The normalized spacial score (nSPS) is 13.0. The van der Waals surface area contributed by atoms with Gasteiger partial charge in [-0.2, -0.15) is 0 Å². The van der Waals surface area contributed by atoms with Crippen LogP contribution in [0.4, 0.5) is 0 Å². The summed E-state index contributed by atoms with van der Waals surface area (Å²) in [5, 5.41) is 0. The van der Waals surface area contributed by atoms with Crippen LogP contribution < -0.4 is 18.3 Å². The molecule has 87 heavy (non-hydrogen) atoms. The van der Waals surface area contributed by atoms with E-state index in [1.165, 1.54) is 78.1 Å². The topological polar surface area (TPSA) is 15.5 Å². The zero-order chi connectivity index (χ0) is 70.0. The zero-order valence-electron chi connectivity index (χ0n) is 61.9. The molecule has 0 aliphatic rings. The standard InChI is InChI=1S/C23H26N.3C20H20N/c1-17(2)15-19-9-11-20(12-10-19)21-13-14-23(24(4)16-21)22-8-6-5-7-18(22)3;1-15-8-4-6-10-18(15)17-12-13-21(3)20(14-17)19-11-7-5-9-16(19)2;1-15-7-6-9-17(13-15)18-11-12-21(3)20(14-18)19-10-5-4-8-16(19)2;1-15-8-10-17(11-9-15)18-12-13-21(3)20(14-18)19-7-5-4-6-16(19)2/h5-14,16-17H,15H2,1-4H3;3*4-14H,1-3H3/q4*+1/i1D3,2D3,17D;1D3;;. The Labute approximate surface area is 533 Å². The van der Waals surface area contributed by atoms with Crippen LogP contribution in [0.3, 0.4) is 0 Å². The number of nitrogens with zero attached hydrogens (tertiary/aromatic N) is 4. The van der Waals surface area contributed by atoms with E-state index in [1.54, 1.807) is 24.3 Å². The van der Waals surface area contributed by atoms with Crippen molar-refractivity contribution in [3.8, 4) is 89.5 Å². The Morgan fingerprint density at radius 3 is 1.16 bits per heavy atom. The molecule has 4 heteroatoms. The van der Waals surface area contributed by atoms with Gasteiger partial charge in [-0.05, 0) is 163 Å². The summed E-state index contributed by atoms with van der Waals surface area (Å²) in [5.41, 5.74) is 26.6. The van der Waals surface area contributed by atoms with Gasteiger partial charge in [-0.15, -0.1) is 0 Å². The summed E-state index contributed by atoms with van der Waals surface area (Å²) in [6.07, 6.45) is 7.90. The minimum absolute atomic E-state index is 0.375. The van der Waals surface area contributed by atoms with Crippen molar-refractivity contribution >= 4 is 0 Å². The molecule has 0 unspecified atom stereocenters. The summed E-state index contributed by atoms with van der Waals surface area (Å²) in [4.78, 5) is 0. The summed E-state index contributed by atoms with van der Waals surface area (Å²) >= 11 is 0. The van der Waals surface area contributed by atoms with Gasteiger partial charge in [-0.1, -0.05) is 195 Å². The third-order valence-corrected chi connectivity index (χ3v) is 15.9. The quantitative estimate of drug-likeness (QED) is 0.121. The number of aryl methyl sites for hydroxylation is 11. The third kappa shape index (κ3) is 15.8. The first kappa shape index (κ1) is 49.6. The second-order valence-corrected chi connectivity index (χ2v) is 22.5. The summed E-state index contributed by atoms with van der Waals surface area (Å²) in [6.45, 7) is 4.76. The smallest absolute Gasteiger partial charge is 0.201 e. The number of pyridine rings is 4. The van der Waals surface area contributed by atoms with Gasteiger partial charge in [-0.25, -0.2) is 18.3 Å². The van der Waals surface area contributed by atoms with Crippen LogP contribution in [0, 0.1) is 54.3 Å². The van der Waals surface area contributed by atoms with E-state index in [1.807, 2.05) is 87.2 Å². The molecule has 8 aromatic carbocycles. The van der Waals surface area contributed by atoms with Crippen LogP contribution in [0.2, 0.25) is 0 Å². The highest BCUT2D eigenvalue weighted by atomic mass is 14.9. The Kier molecular flexibility index (Phi) is 16.5. The molecule has 4 heterocycles. The van der Waals surface area contributed by atoms with E-state index >= 15 is 0 Å². The van der Waals surface area contributed by atoms with Gasteiger partial charge in [0.2, 0.25) is 22.8 Å². The van der Waals surface area contributed by atoms with Gasteiger partial charge in [0, 0.05) is 84.0 Å². The highest BCUT2D eigenvalue weighted by Crippen LogP contribution is 2.31. The maximum atomic E-state index is 8.20. The number of rotatable bonds is 10. The van der Waals surface area contributed by atoms with Gasteiger partial charge < -0.3 is 0 Å². The van der Waals surface area contributed by atoms with Gasteiger partial charge in [0.15, 0.2) is 24.8 Å². The van der Waals surface area contributed by atoms with Crippen molar-refractivity contribution in [2.75, 3.05) is 0 Å². The molecule has 0 radical (unpaired) electrons. The van der Waals surface area contributed by atoms with E-state index < -0.39 is 26.4 Å². The largest absolute Gasteiger partial charge is 0.213 e. The van der Waals surface area contributed by atoms with Crippen LogP contribution in [0.5, 0.6) is 0 Å². The highest BCUT2D eigenvalue weighted by molar-refractivity contribution is 5.74. The molecule has 0 spiro atoms. The summed E-state index contributed by atoms with van der Waals surface area (Å²) in [5.74, 6) is -2.55. The summed E-state index contributed by atoms with van der Waals surface area (Å²) in [7, 11) is 8.18. The molecule has 0 aliphatic carbocycles. The molecule has 0 fully saturated rings. The first-order valence-corrected chi connectivity index (χ1v) is 29.6. The lowest BCUT2D eigenvalue weighted by molar-refractivity contribution is -0.660. The zero-order valence-corrected chi connectivity index (χ0v) is 51.9. The Hall–Kier alpha value is -9.64. The van der Waals surface area contributed by atoms with Crippen molar-refractivity contribution in [1.29, 1.82) is 0 Å². The third-order valence-electron chi connectivity index (χ3n) is 15.9. The fourth-order valence-corrected chi connectivity index (χ4v) is 10.9. The minimum atomic E-state index is -2.92. The van der Waals surface area contributed by atoms with Crippen LogP contribution in [0.15, 0.2) is 267 Å². The van der Waals surface area contributed by atoms with E-state index in [0.29, 0.717) is 11.1 Å². The number of hydrogen-bond acceptors (Lipinski definition) is 0. The van der Waals surface area contributed by atoms with Crippen molar-refractivity contribution in [3.63, 3.8) is 0 Å². The molecule has 0 saturated heterocycles. The number of benzene rings is 8. The van der Waals surface area contributed by atoms with E-state index in [-0.39, 0.29) is 6.42 Å². The van der Waals surface area contributed by atoms with Crippen molar-refractivity contribution in [3.05, 3.63) is 312 Å². The Balaban J connectivity index is 0.000000153.